The van der Waals surface area contributed by atoms with Crippen LogP contribution in [0.4, 0.5) is 5.69 Å². The zero-order chi connectivity index (χ0) is 15.0. The Morgan fingerprint density at radius 1 is 1.24 bits per heavy atom. The van der Waals surface area contributed by atoms with Gasteiger partial charge in [0.2, 0.25) is 0 Å². The molecular weight excluding hydrogens is 268 g/mol. The third kappa shape index (κ3) is 2.11. The highest BCUT2D eigenvalue weighted by atomic mass is 16.4. The lowest BCUT2D eigenvalue weighted by Crippen LogP contribution is -2.32. The molecule has 0 fully saturated rings. The molecule has 5 heteroatoms. The smallest absolute Gasteiger partial charge is 0.312 e. The van der Waals surface area contributed by atoms with Crippen molar-refractivity contribution in [2.75, 3.05) is 11.4 Å². The summed E-state index contributed by atoms with van der Waals surface area (Å²) in [5.41, 5.74) is 1.98. The molecule has 21 heavy (non-hydrogen) atoms. The first-order valence-electron chi connectivity index (χ1n) is 6.92. The summed E-state index contributed by atoms with van der Waals surface area (Å²) in [5.74, 6) is -1.71. The Morgan fingerprint density at radius 3 is 2.71 bits per heavy atom. The van der Waals surface area contributed by atoms with Gasteiger partial charge in [-0.05, 0) is 30.7 Å². The number of para-hydroxylation sites is 1. The number of aliphatic carboxylic acids is 1. The van der Waals surface area contributed by atoms with Gasteiger partial charge in [0.25, 0.3) is 5.91 Å². The number of benzene rings is 1. The highest BCUT2D eigenvalue weighted by Gasteiger charge is 2.37. The Kier molecular flexibility index (Phi) is 3.25. The van der Waals surface area contributed by atoms with E-state index >= 15 is 0 Å². The third-order valence-corrected chi connectivity index (χ3v) is 3.90. The number of anilines is 1. The summed E-state index contributed by atoms with van der Waals surface area (Å²) < 4.78 is 1.86. The third-order valence-electron chi connectivity index (χ3n) is 3.90. The average Bonchev–Trinajstić information content (AvgIpc) is 3.11. The van der Waals surface area contributed by atoms with Gasteiger partial charge in [-0.25, -0.2) is 0 Å². The predicted molar refractivity (Wildman–Crippen MR) is 78.6 cm³/mol. The van der Waals surface area contributed by atoms with Gasteiger partial charge in [-0.1, -0.05) is 18.2 Å². The normalized spacial score (nSPS) is 16.8. The van der Waals surface area contributed by atoms with Crippen LogP contribution in [0.25, 0.3) is 0 Å². The molecule has 1 aliphatic rings. The average molecular weight is 284 g/mol. The number of rotatable bonds is 3. The molecule has 2 aromatic rings. The summed E-state index contributed by atoms with van der Waals surface area (Å²) >= 11 is 0. The Morgan fingerprint density at radius 2 is 2.00 bits per heavy atom. The molecule has 0 aliphatic carbocycles. The molecule has 1 aromatic heterocycles. The second kappa shape index (κ2) is 5.09. The maximum atomic E-state index is 12.7. The van der Waals surface area contributed by atoms with Gasteiger partial charge in [0.1, 0.15) is 11.6 Å². The van der Waals surface area contributed by atoms with Crippen LogP contribution in [0.5, 0.6) is 0 Å². The number of amides is 1. The van der Waals surface area contributed by atoms with Gasteiger partial charge in [0.15, 0.2) is 0 Å². The number of carboxylic acids is 1. The van der Waals surface area contributed by atoms with Gasteiger partial charge in [-0.3, -0.25) is 9.59 Å². The highest BCUT2D eigenvalue weighted by molar-refractivity contribution is 6.07. The molecule has 3 rings (SSSR count). The molecule has 0 bridgehead atoms. The summed E-state index contributed by atoms with van der Waals surface area (Å²) in [6.07, 6.45) is 1.85. The summed E-state index contributed by atoms with van der Waals surface area (Å²) in [7, 11) is 0. The molecule has 0 spiro atoms. The molecule has 1 N–H and O–H groups in total. The summed E-state index contributed by atoms with van der Waals surface area (Å²) in [6.45, 7) is 2.85. The molecular formula is C16H16N2O3. The van der Waals surface area contributed by atoms with Crippen LogP contribution < -0.4 is 4.90 Å². The minimum atomic E-state index is -0.899. The minimum absolute atomic E-state index is 0.155. The topological polar surface area (TPSA) is 62.5 Å². The fraction of sp³-hybridized carbons (Fsp3) is 0.250. The van der Waals surface area contributed by atoms with E-state index in [1.165, 1.54) is 0 Å². The number of carbonyl (C=O) groups is 2. The van der Waals surface area contributed by atoms with Crippen molar-refractivity contribution in [3.8, 4) is 0 Å². The van der Waals surface area contributed by atoms with Gasteiger partial charge in [-0.2, -0.15) is 0 Å². The SMILES string of the molecule is CCn1cccc1C(=O)N1CC(C(=O)O)c2ccccc21. The van der Waals surface area contributed by atoms with E-state index in [2.05, 4.69) is 0 Å². The summed E-state index contributed by atoms with van der Waals surface area (Å²) in [4.78, 5) is 25.7. The van der Waals surface area contributed by atoms with E-state index in [1.807, 2.05) is 29.8 Å². The zero-order valence-corrected chi connectivity index (χ0v) is 11.7. The van der Waals surface area contributed by atoms with Crippen molar-refractivity contribution >= 4 is 17.6 Å². The zero-order valence-electron chi connectivity index (χ0n) is 11.7. The number of aryl methyl sites for hydroxylation is 1. The minimum Gasteiger partial charge on any atom is -0.481 e. The molecule has 0 saturated carbocycles. The number of fused-ring (bicyclic) bond motifs is 1. The predicted octanol–water partition coefficient (Wildman–Crippen LogP) is 2.34. The Bertz CT molecular complexity index is 705. The van der Waals surface area contributed by atoms with Crippen molar-refractivity contribution in [3.05, 3.63) is 53.9 Å². The first-order valence-corrected chi connectivity index (χ1v) is 6.92. The van der Waals surface area contributed by atoms with Crippen LogP contribution in [0, 0.1) is 0 Å². The number of hydrogen-bond acceptors (Lipinski definition) is 2. The number of aromatic nitrogens is 1. The van der Waals surface area contributed by atoms with E-state index in [0.29, 0.717) is 23.5 Å². The quantitative estimate of drug-likeness (QED) is 0.941. The molecule has 1 unspecified atom stereocenters. The van der Waals surface area contributed by atoms with Crippen molar-refractivity contribution in [1.29, 1.82) is 0 Å². The van der Waals surface area contributed by atoms with Crippen molar-refractivity contribution in [2.24, 2.45) is 0 Å². The van der Waals surface area contributed by atoms with E-state index in [0.717, 1.165) is 0 Å². The molecule has 0 saturated heterocycles. The van der Waals surface area contributed by atoms with Crippen LogP contribution in [0.2, 0.25) is 0 Å². The van der Waals surface area contributed by atoms with Crippen LogP contribution in [0.1, 0.15) is 28.9 Å². The van der Waals surface area contributed by atoms with E-state index < -0.39 is 11.9 Å². The fourth-order valence-corrected chi connectivity index (χ4v) is 2.83. The first-order chi connectivity index (χ1) is 10.1. The van der Waals surface area contributed by atoms with Gasteiger partial charge >= 0.3 is 5.97 Å². The van der Waals surface area contributed by atoms with E-state index in [1.54, 1.807) is 29.2 Å². The number of carboxylic acid groups (broad SMARTS) is 1. The Hall–Kier alpha value is -2.56. The lowest BCUT2D eigenvalue weighted by atomic mass is 10.0. The van der Waals surface area contributed by atoms with Crippen molar-refractivity contribution in [3.63, 3.8) is 0 Å². The molecule has 2 heterocycles. The fourth-order valence-electron chi connectivity index (χ4n) is 2.83. The Balaban J connectivity index is 2.01. The summed E-state index contributed by atoms with van der Waals surface area (Å²) in [5, 5.41) is 9.35. The molecule has 108 valence electrons. The van der Waals surface area contributed by atoms with Crippen molar-refractivity contribution < 1.29 is 14.7 Å². The lowest BCUT2D eigenvalue weighted by Gasteiger charge is -2.18. The monoisotopic (exact) mass is 284 g/mol. The second-order valence-electron chi connectivity index (χ2n) is 5.04. The molecule has 1 atom stereocenters. The second-order valence-corrected chi connectivity index (χ2v) is 5.04. The number of carbonyl (C=O) groups excluding carboxylic acids is 1. The van der Waals surface area contributed by atoms with Crippen LogP contribution >= 0.6 is 0 Å². The first kappa shape index (κ1) is 13.4. The number of nitrogens with zero attached hydrogens (tertiary/aromatic N) is 2. The molecule has 1 aliphatic heterocycles. The maximum absolute atomic E-state index is 12.7. The lowest BCUT2D eigenvalue weighted by molar-refractivity contribution is -0.138. The van der Waals surface area contributed by atoms with Crippen LogP contribution in [0.15, 0.2) is 42.6 Å². The largest absolute Gasteiger partial charge is 0.481 e. The highest BCUT2D eigenvalue weighted by Crippen LogP contribution is 2.37. The van der Waals surface area contributed by atoms with E-state index in [9.17, 15) is 14.7 Å². The van der Waals surface area contributed by atoms with Crippen LogP contribution in [0.3, 0.4) is 0 Å². The van der Waals surface area contributed by atoms with Gasteiger partial charge in [-0.15, -0.1) is 0 Å². The molecule has 1 aromatic carbocycles. The van der Waals surface area contributed by atoms with Crippen molar-refractivity contribution in [1.82, 2.24) is 4.57 Å². The molecule has 0 radical (unpaired) electrons. The van der Waals surface area contributed by atoms with Gasteiger partial charge in [0, 0.05) is 25.0 Å². The Labute approximate surface area is 122 Å². The maximum Gasteiger partial charge on any atom is 0.312 e. The van der Waals surface area contributed by atoms with Crippen LogP contribution in [-0.4, -0.2) is 28.1 Å². The summed E-state index contributed by atoms with van der Waals surface area (Å²) in [6, 6.07) is 10.8. The van der Waals surface area contributed by atoms with E-state index in [-0.39, 0.29) is 12.5 Å². The van der Waals surface area contributed by atoms with Crippen molar-refractivity contribution in [2.45, 2.75) is 19.4 Å². The number of hydrogen-bond donors (Lipinski definition) is 1. The molecule has 1 amide bonds. The van der Waals surface area contributed by atoms with Gasteiger partial charge in [0.05, 0.1) is 0 Å². The van der Waals surface area contributed by atoms with E-state index in [4.69, 9.17) is 0 Å². The standard InChI is InChI=1S/C16H16N2O3/c1-2-17-9-5-8-14(17)15(19)18-10-12(16(20)21)11-6-3-4-7-13(11)18/h3-9,12H,2,10H2,1H3,(H,20,21). The molecule has 5 nitrogen and oxygen atoms in total. The van der Waals surface area contributed by atoms with Gasteiger partial charge < -0.3 is 14.6 Å². The van der Waals surface area contributed by atoms with Crippen LogP contribution in [-0.2, 0) is 11.3 Å².